The van der Waals surface area contributed by atoms with Crippen LogP contribution in [0, 0.1) is 5.92 Å². The van der Waals surface area contributed by atoms with Gasteiger partial charge in [-0.15, -0.1) is 0 Å². The molecule has 0 aliphatic rings. The van der Waals surface area contributed by atoms with Crippen molar-refractivity contribution in [1.82, 2.24) is 0 Å². The second-order valence-electron chi connectivity index (χ2n) is 11.2. The van der Waals surface area contributed by atoms with Crippen LogP contribution in [0.4, 0.5) is 0 Å². The summed E-state index contributed by atoms with van der Waals surface area (Å²) >= 11 is 0. The van der Waals surface area contributed by atoms with Gasteiger partial charge in [-0.3, -0.25) is 9.59 Å². The van der Waals surface area contributed by atoms with E-state index in [0.29, 0.717) is 28.6 Å². The SMILES string of the molecule is CC(C)CC(=O)OCOc1cc(-c2oc3cc(Oc4ccccc4)cc(O)c3c(=O)c2Oc2ccccc2)ccc1Oc1ccccc1. The van der Waals surface area contributed by atoms with Crippen LogP contribution in [0.15, 0.2) is 131 Å². The second-order valence-corrected chi connectivity index (χ2v) is 11.2. The van der Waals surface area contributed by atoms with Gasteiger partial charge in [-0.2, -0.15) is 0 Å². The zero-order valence-corrected chi connectivity index (χ0v) is 26.3. The smallest absolute Gasteiger partial charge is 0.308 e. The van der Waals surface area contributed by atoms with Crippen LogP contribution >= 0.6 is 0 Å². The summed E-state index contributed by atoms with van der Waals surface area (Å²) in [6.45, 7) is 3.46. The Morgan fingerprint density at radius 1 is 0.708 bits per heavy atom. The van der Waals surface area contributed by atoms with Gasteiger partial charge in [-0.05, 0) is 60.5 Å². The van der Waals surface area contributed by atoms with Crippen molar-refractivity contribution in [3.05, 3.63) is 132 Å². The third kappa shape index (κ3) is 7.59. The molecule has 242 valence electrons. The van der Waals surface area contributed by atoms with Crippen molar-refractivity contribution in [3.63, 3.8) is 0 Å². The minimum absolute atomic E-state index is 0.0560. The van der Waals surface area contributed by atoms with E-state index >= 15 is 0 Å². The molecule has 0 aliphatic carbocycles. The Labute approximate surface area is 276 Å². The molecule has 0 unspecified atom stereocenters. The molecule has 0 amide bonds. The topological polar surface area (TPSA) is 114 Å². The van der Waals surface area contributed by atoms with Crippen LogP contribution < -0.4 is 24.4 Å². The molecule has 0 bridgehead atoms. The van der Waals surface area contributed by atoms with E-state index in [-0.39, 0.29) is 58.9 Å². The maximum Gasteiger partial charge on any atom is 0.308 e. The lowest BCUT2D eigenvalue weighted by atomic mass is 10.1. The molecule has 0 fully saturated rings. The lowest BCUT2D eigenvalue weighted by Crippen LogP contribution is -2.12. The van der Waals surface area contributed by atoms with Crippen molar-refractivity contribution < 1.29 is 38.0 Å². The Bertz CT molecular complexity index is 2070. The molecule has 0 saturated heterocycles. The number of ether oxygens (including phenoxy) is 5. The number of phenols is 1. The zero-order chi connectivity index (χ0) is 33.5. The Kier molecular flexibility index (Phi) is 9.57. The zero-order valence-electron chi connectivity index (χ0n) is 26.3. The molecule has 48 heavy (non-hydrogen) atoms. The number of carbonyl (C=O) groups excluding carboxylic acids is 1. The van der Waals surface area contributed by atoms with E-state index in [1.54, 1.807) is 66.7 Å². The fourth-order valence-corrected chi connectivity index (χ4v) is 4.84. The Hall–Kier alpha value is -6.22. The third-order valence-corrected chi connectivity index (χ3v) is 7.03. The maximum absolute atomic E-state index is 14.0. The predicted octanol–water partition coefficient (Wildman–Crippen LogP) is 9.47. The number of benzene rings is 5. The first-order chi connectivity index (χ1) is 23.3. The Morgan fingerprint density at radius 2 is 1.31 bits per heavy atom. The molecule has 6 rings (SSSR count). The van der Waals surface area contributed by atoms with Gasteiger partial charge >= 0.3 is 5.97 Å². The number of fused-ring (bicyclic) bond motifs is 1. The molecule has 5 aromatic carbocycles. The van der Waals surface area contributed by atoms with Crippen LogP contribution in [0.3, 0.4) is 0 Å². The molecule has 1 heterocycles. The van der Waals surface area contributed by atoms with Gasteiger partial charge in [0.2, 0.25) is 18.0 Å². The molecule has 0 aliphatic heterocycles. The van der Waals surface area contributed by atoms with E-state index in [4.69, 9.17) is 28.1 Å². The molecule has 9 nitrogen and oxygen atoms in total. The first-order valence-corrected chi connectivity index (χ1v) is 15.3. The van der Waals surface area contributed by atoms with Crippen molar-refractivity contribution in [2.24, 2.45) is 5.92 Å². The summed E-state index contributed by atoms with van der Waals surface area (Å²) in [7, 11) is 0. The van der Waals surface area contributed by atoms with Gasteiger partial charge in [0.1, 0.15) is 39.7 Å². The molecule has 0 radical (unpaired) electrons. The number of hydrogen-bond acceptors (Lipinski definition) is 9. The highest BCUT2D eigenvalue weighted by Gasteiger charge is 2.23. The molecule has 0 saturated carbocycles. The average Bonchev–Trinajstić information content (AvgIpc) is 3.07. The van der Waals surface area contributed by atoms with Crippen LogP contribution in [-0.2, 0) is 9.53 Å². The van der Waals surface area contributed by atoms with Gasteiger partial charge in [-0.25, -0.2) is 0 Å². The summed E-state index contributed by atoms with van der Waals surface area (Å²) in [5.41, 5.74) is -0.151. The molecule has 0 spiro atoms. The van der Waals surface area contributed by atoms with Crippen LogP contribution in [0.1, 0.15) is 20.3 Å². The summed E-state index contributed by atoms with van der Waals surface area (Å²) in [6, 6.07) is 34.7. The van der Waals surface area contributed by atoms with E-state index in [1.807, 2.05) is 56.3 Å². The molecule has 6 aromatic rings. The van der Waals surface area contributed by atoms with Crippen molar-refractivity contribution in [1.29, 1.82) is 0 Å². The number of phenolic OH excluding ortho intramolecular Hbond substituents is 1. The van der Waals surface area contributed by atoms with Gasteiger partial charge in [0.25, 0.3) is 0 Å². The van der Waals surface area contributed by atoms with Crippen molar-refractivity contribution in [2.45, 2.75) is 20.3 Å². The minimum atomic E-state index is -0.603. The Morgan fingerprint density at radius 3 is 1.94 bits per heavy atom. The van der Waals surface area contributed by atoms with Gasteiger partial charge in [0.05, 0.1) is 0 Å². The van der Waals surface area contributed by atoms with E-state index in [2.05, 4.69) is 0 Å². The van der Waals surface area contributed by atoms with Crippen molar-refractivity contribution >= 4 is 16.9 Å². The lowest BCUT2D eigenvalue weighted by molar-refractivity contribution is -0.151. The van der Waals surface area contributed by atoms with Crippen LogP contribution in [-0.4, -0.2) is 17.9 Å². The molecular formula is C39H32O9. The number of hydrogen-bond donors (Lipinski definition) is 1. The highest BCUT2D eigenvalue weighted by atomic mass is 16.7. The van der Waals surface area contributed by atoms with Gasteiger partial charge < -0.3 is 33.2 Å². The van der Waals surface area contributed by atoms with Gasteiger partial charge in [0.15, 0.2) is 17.3 Å². The molecule has 1 aromatic heterocycles. The minimum Gasteiger partial charge on any atom is -0.507 e. The molecule has 1 N–H and O–H groups in total. The number of carbonyl (C=O) groups is 1. The fourth-order valence-electron chi connectivity index (χ4n) is 4.84. The van der Waals surface area contributed by atoms with Crippen molar-refractivity contribution in [2.75, 3.05) is 6.79 Å². The summed E-state index contributed by atoms with van der Waals surface area (Å²) in [5, 5.41) is 10.9. The van der Waals surface area contributed by atoms with E-state index in [0.717, 1.165) is 0 Å². The number of esters is 1. The normalized spacial score (nSPS) is 10.9. The summed E-state index contributed by atoms with van der Waals surface area (Å²) in [5.74, 6) is 1.55. The predicted molar refractivity (Wildman–Crippen MR) is 180 cm³/mol. The number of aromatic hydroxyl groups is 1. The van der Waals surface area contributed by atoms with Crippen molar-refractivity contribution in [3.8, 4) is 57.3 Å². The largest absolute Gasteiger partial charge is 0.507 e. The first-order valence-electron chi connectivity index (χ1n) is 15.3. The van der Waals surface area contributed by atoms with E-state index in [1.165, 1.54) is 12.1 Å². The van der Waals surface area contributed by atoms with Crippen LogP contribution in [0.25, 0.3) is 22.3 Å². The summed E-state index contributed by atoms with van der Waals surface area (Å²) < 4.78 is 35.7. The van der Waals surface area contributed by atoms with Gasteiger partial charge in [0, 0.05) is 24.1 Å². The monoisotopic (exact) mass is 644 g/mol. The lowest BCUT2D eigenvalue weighted by Gasteiger charge is -2.16. The van der Waals surface area contributed by atoms with E-state index < -0.39 is 11.4 Å². The summed E-state index contributed by atoms with van der Waals surface area (Å²) in [6.07, 6.45) is 0.238. The highest BCUT2D eigenvalue weighted by Crippen LogP contribution is 2.42. The molecule has 0 atom stereocenters. The highest BCUT2D eigenvalue weighted by molar-refractivity contribution is 5.88. The average molecular weight is 645 g/mol. The molecule has 9 heteroatoms. The first kappa shape index (κ1) is 31.7. The standard InChI is InChI=1S/C39H32O9/c1-25(2)20-35(41)44-24-43-33-21-26(18-19-32(33)46-28-14-8-4-9-15-28)38-39(47-29-16-10-5-11-17-29)37(42)36-31(40)22-30(23-34(36)48-38)45-27-12-6-3-7-13-27/h3-19,21-23,25,40H,20,24H2,1-2H3. The van der Waals surface area contributed by atoms with Crippen LogP contribution in [0.2, 0.25) is 0 Å². The van der Waals surface area contributed by atoms with E-state index in [9.17, 15) is 14.7 Å². The number of para-hydroxylation sites is 3. The number of rotatable bonds is 12. The Balaban J connectivity index is 1.45. The quantitative estimate of drug-likeness (QED) is 0.103. The summed E-state index contributed by atoms with van der Waals surface area (Å²) in [4.78, 5) is 26.3. The second kappa shape index (κ2) is 14.5. The maximum atomic E-state index is 14.0. The van der Waals surface area contributed by atoms with Crippen LogP contribution in [0.5, 0.6) is 46.0 Å². The van der Waals surface area contributed by atoms with Gasteiger partial charge in [-0.1, -0.05) is 68.4 Å². The third-order valence-electron chi connectivity index (χ3n) is 7.03. The molecular weight excluding hydrogens is 612 g/mol. The fraction of sp³-hybridized carbons (Fsp3) is 0.128.